The van der Waals surface area contributed by atoms with Crippen LogP contribution in [0.1, 0.15) is 17.2 Å². The summed E-state index contributed by atoms with van der Waals surface area (Å²) in [5.41, 5.74) is 3.83. The van der Waals surface area contributed by atoms with Crippen LogP contribution in [0.15, 0.2) is 24.3 Å². The first-order valence-corrected chi connectivity index (χ1v) is 8.02. The van der Waals surface area contributed by atoms with Gasteiger partial charge in [0.15, 0.2) is 0 Å². The molecule has 2 N–H and O–H groups in total. The molecule has 1 amide bonds. The van der Waals surface area contributed by atoms with Crippen molar-refractivity contribution in [2.75, 3.05) is 0 Å². The Balaban J connectivity index is 1.63. The van der Waals surface area contributed by atoms with Crippen molar-refractivity contribution >= 4 is 39.5 Å². The molecule has 0 bridgehead atoms. The smallest absolute Gasteiger partial charge is 0.242 e. The molecule has 6 nitrogen and oxygen atoms in total. The number of nitrogens with one attached hydrogen (secondary N) is 2. The lowest BCUT2D eigenvalue weighted by Gasteiger charge is -2.05. The number of para-hydroxylation sites is 2. The molecule has 0 aliphatic carbocycles. The molecule has 0 atom stereocenters. The van der Waals surface area contributed by atoms with E-state index < -0.39 is 0 Å². The summed E-state index contributed by atoms with van der Waals surface area (Å²) in [6, 6.07) is 7.80. The molecule has 2 heterocycles. The molecule has 22 heavy (non-hydrogen) atoms. The molecule has 0 aliphatic rings. The minimum absolute atomic E-state index is 0.0811. The van der Waals surface area contributed by atoms with Crippen LogP contribution in [-0.4, -0.2) is 25.7 Å². The highest BCUT2D eigenvalue weighted by atomic mass is 127. The van der Waals surface area contributed by atoms with Crippen molar-refractivity contribution in [1.82, 2.24) is 25.1 Å². The minimum atomic E-state index is -0.0811. The Kier molecular flexibility index (Phi) is 4.14. The highest BCUT2D eigenvalue weighted by molar-refractivity contribution is 14.1. The van der Waals surface area contributed by atoms with Crippen molar-refractivity contribution in [3.8, 4) is 0 Å². The monoisotopic (exact) mass is 409 g/mol. The van der Waals surface area contributed by atoms with Gasteiger partial charge < -0.3 is 10.3 Å². The number of nitrogens with zero attached hydrogens (tertiary/aromatic N) is 3. The predicted octanol–water partition coefficient (Wildman–Crippen LogP) is 2.30. The van der Waals surface area contributed by atoms with E-state index in [1.165, 1.54) is 0 Å². The Labute approximate surface area is 141 Å². The van der Waals surface area contributed by atoms with Crippen molar-refractivity contribution in [2.24, 2.45) is 0 Å². The fourth-order valence-corrected chi connectivity index (χ4v) is 2.68. The average molecular weight is 409 g/mol. The van der Waals surface area contributed by atoms with E-state index in [2.05, 4.69) is 43.0 Å². The maximum atomic E-state index is 12.1. The first-order valence-electron chi connectivity index (χ1n) is 6.94. The topological polar surface area (TPSA) is 75.6 Å². The van der Waals surface area contributed by atoms with Crippen LogP contribution in [-0.2, 0) is 17.9 Å². The van der Waals surface area contributed by atoms with Crippen LogP contribution in [0.3, 0.4) is 0 Å². The number of hydrogen-bond donors (Lipinski definition) is 2. The Bertz CT molecular complexity index is 803. The highest BCUT2D eigenvalue weighted by Gasteiger charge is 2.12. The van der Waals surface area contributed by atoms with E-state index >= 15 is 0 Å². The van der Waals surface area contributed by atoms with Gasteiger partial charge in [-0.15, -0.1) is 0 Å². The Morgan fingerprint density at radius 2 is 2.14 bits per heavy atom. The molecule has 0 saturated carbocycles. The van der Waals surface area contributed by atoms with E-state index in [-0.39, 0.29) is 12.5 Å². The zero-order chi connectivity index (χ0) is 15.7. The van der Waals surface area contributed by atoms with Crippen LogP contribution >= 0.6 is 22.6 Å². The number of benzene rings is 1. The molecule has 0 aliphatic heterocycles. The van der Waals surface area contributed by atoms with E-state index in [0.717, 1.165) is 31.8 Å². The molecule has 3 rings (SSSR count). The van der Waals surface area contributed by atoms with Crippen LogP contribution in [0.2, 0.25) is 0 Å². The standard InChI is InChI=1S/C15H16IN5O/c1-9-15(16)10(2)21(20-9)8-14(22)17-7-13-18-11-5-3-4-6-12(11)19-13/h3-6H,7-8H2,1-2H3,(H,17,22)(H,18,19). The largest absolute Gasteiger partial charge is 0.347 e. The number of fused-ring (bicyclic) bond motifs is 1. The number of imidazole rings is 1. The van der Waals surface area contributed by atoms with Crippen LogP contribution < -0.4 is 5.32 Å². The van der Waals surface area contributed by atoms with Gasteiger partial charge in [0.1, 0.15) is 12.4 Å². The molecule has 0 saturated heterocycles. The highest BCUT2D eigenvalue weighted by Crippen LogP contribution is 2.15. The summed E-state index contributed by atoms with van der Waals surface area (Å²) in [5.74, 6) is 0.667. The summed E-state index contributed by atoms with van der Waals surface area (Å²) in [7, 11) is 0. The Hall–Kier alpha value is -1.90. The number of carbonyl (C=O) groups is 1. The lowest BCUT2D eigenvalue weighted by Crippen LogP contribution is -2.28. The number of amides is 1. The zero-order valence-corrected chi connectivity index (χ0v) is 14.5. The summed E-state index contributed by atoms with van der Waals surface area (Å²) < 4.78 is 2.83. The summed E-state index contributed by atoms with van der Waals surface area (Å²) in [6.45, 7) is 4.51. The van der Waals surface area contributed by atoms with Gasteiger partial charge in [-0.3, -0.25) is 9.48 Å². The van der Waals surface area contributed by atoms with Crippen molar-refractivity contribution in [3.05, 3.63) is 45.0 Å². The second-order valence-electron chi connectivity index (χ2n) is 5.12. The van der Waals surface area contributed by atoms with E-state index in [0.29, 0.717) is 6.54 Å². The molecule has 114 valence electrons. The summed E-state index contributed by atoms with van der Waals surface area (Å²) in [6.07, 6.45) is 0. The molecular formula is C15H16IN5O. The SMILES string of the molecule is Cc1nn(CC(=O)NCc2nc3ccccc3[nH]2)c(C)c1I. The molecule has 1 aromatic carbocycles. The third-order valence-corrected chi connectivity index (χ3v) is 5.04. The van der Waals surface area contributed by atoms with Gasteiger partial charge in [-0.05, 0) is 48.6 Å². The fourth-order valence-electron chi connectivity index (χ4n) is 2.29. The molecule has 0 radical (unpaired) electrons. The van der Waals surface area contributed by atoms with Gasteiger partial charge in [0.05, 0.1) is 26.8 Å². The quantitative estimate of drug-likeness (QED) is 0.650. The maximum Gasteiger partial charge on any atom is 0.242 e. The Morgan fingerprint density at radius 3 is 2.82 bits per heavy atom. The van der Waals surface area contributed by atoms with Crippen molar-refractivity contribution in [1.29, 1.82) is 0 Å². The molecule has 2 aromatic heterocycles. The summed E-state index contributed by atoms with van der Waals surface area (Å²) >= 11 is 2.24. The van der Waals surface area contributed by atoms with E-state index in [4.69, 9.17) is 0 Å². The third kappa shape index (κ3) is 2.99. The van der Waals surface area contributed by atoms with E-state index in [1.54, 1.807) is 4.68 Å². The maximum absolute atomic E-state index is 12.1. The molecule has 0 spiro atoms. The van der Waals surface area contributed by atoms with Gasteiger partial charge in [-0.25, -0.2) is 4.98 Å². The Morgan fingerprint density at radius 1 is 1.36 bits per heavy atom. The predicted molar refractivity (Wildman–Crippen MR) is 92.4 cm³/mol. The van der Waals surface area contributed by atoms with Crippen molar-refractivity contribution in [3.63, 3.8) is 0 Å². The average Bonchev–Trinajstić information content (AvgIpc) is 3.02. The van der Waals surface area contributed by atoms with E-state index in [1.807, 2.05) is 38.1 Å². The number of carbonyl (C=O) groups excluding carboxylic acids is 1. The second-order valence-corrected chi connectivity index (χ2v) is 6.20. The normalized spacial score (nSPS) is 11.0. The van der Waals surface area contributed by atoms with Crippen LogP contribution in [0, 0.1) is 17.4 Å². The van der Waals surface area contributed by atoms with Gasteiger partial charge in [0.2, 0.25) is 5.91 Å². The number of aryl methyl sites for hydroxylation is 1. The number of rotatable bonds is 4. The van der Waals surface area contributed by atoms with E-state index in [9.17, 15) is 4.79 Å². The van der Waals surface area contributed by atoms with Crippen LogP contribution in [0.4, 0.5) is 0 Å². The second kappa shape index (κ2) is 6.07. The molecule has 3 aromatic rings. The van der Waals surface area contributed by atoms with Crippen LogP contribution in [0.5, 0.6) is 0 Å². The number of H-pyrrole nitrogens is 1. The van der Waals surface area contributed by atoms with Gasteiger partial charge in [-0.1, -0.05) is 12.1 Å². The number of aromatic nitrogens is 4. The zero-order valence-electron chi connectivity index (χ0n) is 12.4. The van der Waals surface area contributed by atoms with Gasteiger partial charge in [0, 0.05) is 5.69 Å². The van der Waals surface area contributed by atoms with Crippen molar-refractivity contribution < 1.29 is 4.79 Å². The first-order chi connectivity index (χ1) is 10.5. The lowest BCUT2D eigenvalue weighted by molar-refractivity contribution is -0.122. The number of hydrogen-bond acceptors (Lipinski definition) is 3. The van der Waals surface area contributed by atoms with Crippen LogP contribution in [0.25, 0.3) is 11.0 Å². The van der Waals surface area contributed by atoms with Crippen molar-refractivity contribution in [2.45, 2.75) is 26.9 Å². The fraction of sp³-hybridized carbons (Fsp3) is 0.267. The third-order valence-electron chi connectivity index (χ3n) is 3.48. The van der Waals surface area contributed by atoms with Gasteiger partial charge in [-0.2, -0.15) is 5.10 Å². The molecule has 0 fully saturated rings. The lowest BCUT2D eigenvalue weighted by atomic mass is 10.3. The molecule has 0 unspecified atom stereocenters. The van der Waals surface area contributed by atoms with Gasteiger partial charge >= 0.3 is 0 Å². The summed E-state index contributed by atoms with van der Waals surface area (Å²) in [4.78, 5) is 19.7. The number of halogens is 1. The molecular weight excluding hydrogens is 393 g/mol. The first kappa shape index (κ1) is 15.0. The number of aromatic amines is 1. The summed E-state index contributed by atoms with van der Waals surface area (Å²) in [5, 5.41) is 7.23. The molecule has 7 heteroatoms. The minimum Gasteiger partial charge on any atom is -0.347 e. The van der Waals surface area contributed by atoms with Gasteiger partial charge in [0.25, 0.3) is 0 Å².